The molecule has 1 aromatic heterocycles. The lowest BCUT2D eigenvalue weighted by Gasteiger charge is -2.12. The number of amides is 1. The van der Waals surface area contributed by atoms with Crippen LogP contribution in [0.3, 0.4) is 0 Å². The fourth-order valence-electron chi connectivity index (χ4n) is 3.53. The minimum absolute atomic E-state index is 0.186. The van der Waals surface area contributed by atoms with E-state index in [4.69, 9.17) is 9.47 Å². The molecule has 0 saturated carbocycles. The molecule has 0 saturated heterocycles. The Bertz CT molecular complexity index is 1080. The Morgan fingerprint density at radius 1 is 1.17 bits per heavy atom. The lowest BCUT2D eigenvalue weighted by Crippen LogP contribution is -2.17. The molecule has 0 radical (unpaired) electrons. The van der Waals surface area contributed by atoms with Crippen molar-refractivity contribution >= 4 is 22.7 Å². The van der Waals surface area contributed by atoms with Crippen LogP contribution in [-0.2, 0) is 11.3 Å². The Balaban J connectivity index is 2.05. The number of hydrogen-bond donors (Lipinski definition) is 1. The van der Waals surface area contributed by atoms with Crippen molar-refractivity contribution in [1.29, 1.82) is 5.26 Å². The van der Waals surface area contributed by atoms with Crippen LogP contribution in [0, 0.1) is 11.3 Å². The molecule has 1 N–H and O–H groups in total. The molecule has 0 spiro atoms. The average Bonchev–Trinajstić information content (AvgIpc) is 3.01. The standard InChI is InChI=1S/C24H27N3O3/c1-5-13-27-22-14-19(29-6-2)11-12-20(22)21(15-25)23(27)17-7-9-18(10-8-17)26-24(28)30-16(3)4/h7-12,14,16H,5-6,13H2,1-4H3,(H,26,28). The number of carbonyl (C=O) groups is 1. The summed E-state index contributed by atoms with van der Waals surface area (Å²) in [7, 11) is 0. The number of aryl methyl sites for hydroxylation is 1. The molecule has 0 aliphatic rings. The second-order valence-corrected chi connectivity index (χ2v) is 7.26. The molecule has 2 aromatic carbocycles. The van der Waals surface area contributed by atoms with E-state index in [0.29, 0.717) is 17.9 Å². The zero-order chi connectivity index (χ0) is 21.7. The van der Waals surface area contributed by atoms with E-state index in [1.807, 2.05) is 49.4 Å². The quantitative estimate of drug-likeness (QED) is 0.527. The average molecular weight is 405 g/mol. The predicted molar refractivity (Wildman–Crippen MR) is 119 cm³/mol. The molecule has 0 atom stereocenters. The number of nitrogens with zero attached hydrogens (tertiary/aromatic N) is 2. The second-order valence-electron chi connectivity index (χ2n) is 7.26. The van der Waals surface area contributed by atoms with Crippen LogP contribution in [0.2, 0.25) is 0 Å². The molecular formula is C24H27N3O3. The van der Waals surface area contributed by atoms with Crippen molar-refractivity contribution in [3.8, 4) is 23.1 Å². The van der Waals surface area contributed by atoms with Crippen molar-refractivity contribution in [3.63, 3.8) is 0 Å². The topological polar surface area (TPSA) is 76.3 Å². The molecule has 0 fully saturated rings. The zero-order valence-electron chi connectivity index (χ0n) is 17.9. The lowest BCUT2D eigenvalue weighted by molar-refractivity contribution is 0.130. The first-order valence-electron chi connectivity index (χ1n) is 10.3. The summed E-state index contributed by atoms with van der Waals surface area (Å²) < 4.78 is 13.0. The van der Waals surface area contributed by atoms with E-state index in [-0.39, 0.29) is 6.10 Å². The highest BCUT2D eigenvalue weighted by molar-refractivity contribution is 5.95. The summed E-state index contributed by atoms with van der Waals surface area (Å²) in [4.78, 5) is 11.8. The maximum Gasteiger partial charge on any atom is 0.411 e. The van der Waals surface area contributed by atoms with E-state index in [0.717, 1.165) is 40.9 Å². The fraction of sp³-hybridized carbons (Fsp3) is 0.333. The highest BCUT2D eigenvalue weighted by atomic mass is 16.6. The van der Waals surface area contributed by atoms with Gasteiger partial charge in [0.25, 0.3) is 0 Å². The minimum Gasteiger partial charge on any atom is -0.494 e. The van der Waals surface area contributed by atoms with E-state index in [2.05, 4.69) is 22.9 Å². The monoisotopic (exact) mass is 405 g/mol. The van der Waals surface area contributed by atoms with Crippen LogP contribution in [0.1, 0.15) is 39.7 Å². The van der Waals surface area contributed by atoms with Crippen LogP contribution in [0.5, 0.6) is 5.75 Å². The van der Waals surface area contributed by atoms with Gasteiger partial charge in [0.1, 0.15) is 11.8 Å². The van der Waals surface area contributed by atoms with Crippen LogP contribution in [-0.4, -0.2) is 23.4 Å². The van der Waals surface area contributed by atoms with Crippen molar-refractivity contribution in [2.75, 3.05) is 11.9 Å². The van der Waals surface area contributed by atoms with E-state index >= 15 is 0 Å². The fourth-order valence-corrected chi connectivity index (χ4v) is 3.53. The summed E-state index contributed by atoms with van der Waals surface area (Å²) in [6.45, 7) is 9.04. The second kappa shape index (κ2) is 9.36. The van der Waals surface area contributed by atoms with E-state index in [9.17, 15) is 10.1 Å². The molecule has 0 aliphatic carbocycles. The smallest absolute Gasteiger partial charge is 0.411 e. The summed E-state index contributed by atoms with van der Waals surface area (Å²) >= 11 is 0. The summed E-state index contributed by atoms with van der Waals surface area (Å²) in [6, 6.07) is 15.7. The number of nitrogens with one attached hydrogen (secondary N) is 1. The van der Waals surface area contributed by atoms with E-state index < -0.39 is 6.09 Å². The van der Waals surface area contributed by atoms with Gasteiger partial charge in [0.05, 0.1) is 29.5 Å². The Hall–Kier alpha value is -3.46. The van der Waals surface area contributed by atoms with Crippen LogP contribution < -0.4 is 10.1 Å². The first kappa shape index (κ1) is 21.3. The minimum atomic E-state index is -0.487. The Morgan fingerprint density at radius 3 is 2.50 bits per heavy atom. The normalized spacial score (nSPS) is 10.8. The molecule has 6 nitrogen and oxygen atoms in total. The summed E-state index contributed by atoms with van der Waals surface area (Å²) in [5.41, 5.74) is 4.05. The van der Waals surface area contributed by atoms with E-state index in [1.54, 1.807) is 13.8 Å². The number of anilines is 1. The van der Waals surface area contributed by atoms with Gasteiger partial charge in [-0.1, -0.05) is 19.1 Å². The lowest BCUT2D eigenvalue weighted by atomic mass is 10.1. The number of carbonyl (C=O) groups excluding carboxylic acids is 1. The summed E-state index contributed by atoms with van der Waals surface area (Å²) in [5, 5.41) is 13.5. The molecule has 0 aliphatic heterocycles. The number of aromatic nitrogens is 1. The van der Waals surface area contributed by atoms with Gasteiger partial charge in [-0.3, -0.25) is 5.32 Å². The summed E-state index contributed by atoms with van der Waals surface area (Å²) in [6.07, 6.45) is 0.258. The Morgan fingerprint density at radius 2 is 1.90 bits per heavy atom. The van der Waals surface area contributed by atoms with Gasteiger partial charge in [-0.15, -0.1) is 0 Å². The maximum absolute atomic E-state index is 11.8. The van der Waals surface area contributed by atoms with Gasteiger partial charge >= 0.3 is 6.09 Å². The van der Waals surface area contributed by atoms with Gasteiger partial charge < -0.3 is 14.0 Å². The molecule has 3 aromatic rings. The van der Waals surface area contributed by atoms with Crippen molar-refractivity contribution < 1.29 is 14.3 Å². The number of rotatable bonds is 7. The number of hydrogen-bond acceptors (Lipinski definition) is 4. The zero-order valence-corrected chi connectivity index (χ0v) is 17.9. The third kappa shape index (κ3) is 4.41. The van der Waals surface area contributed by atoms with Gasteiger partial charge in [0.2, 0.25) is 0 Å². The van der Waals surface area contributed by atoms with Crippen molar-refractivity contribution in [1.82, 2.24) is 4.57 Å². The number of fused-ring (bicyclic) bond motifs is 1. The Kier molecular flexibility index (Phi) is 6.63. The molecule has 6 heteroatoms. The van der Waals surface area contributed by atoms with Crippen LogP contribution in [0.4, 0.5) is 10.5 Å². The molecular weight excluding hydrogens is 378 g/mol. The van der Waals surface area contributed by atoms with Crippen molar-refractivity contribution in [2.45, 2.75) is 46.8 Å². The Labute approximate surface area is 177 Å². The number of benzene rings is 2. The van der Waals surface area contributed by atoms with Crippen molar-refractivity contribution in [3.05, 3.63) is 48.0 Å². The van der Waals surface area contributed by atoms with Gasteiger partial charge in [-0.05, 0) is 57.0 Å². The molecule has 30 heavy (non-hydrogen) atoms. The van der Waals surface area contributed by atoms with Crippen LogP contribution in [0.25, 0.3) is 22.2 Å². The summed E-state index contributed by atoms with van der Waals surface area (Å²) in [5.74, 6) is 0.791. The number of nitriles is 1. The first-order valence-corrected chi connectivity index (χ1v) is 10.3. The molecule has 1 heterocycles. The van der Waals surface area contributed by atoms with Gasteiger partial charge in [0, 0.05) is 23.7 Å². The SMILES string of the molecule is CCCn1c(-c2ccc(NC(=O)OC(C)C)cc2)c(C#N)c2ccc(OCC)cc21. The maximum atomic E-state index is 11.8. The van der Waals surface area contributed by atoms with Gasteiger partial charge in [0.15, 0.2) is 0 Å². The van der Waals surface area contributed by atoms with Crippen molar-refractivity contribution in [2.24, 2.45) is 0 Å². The third-order valence-electron chi connectivity index (χ3n) is 4.65. The van der Waals surface area contributed by atoms with Crippen LogP contribution >= 0.6 is 0 Å². The first-order chi connectivity index (χ1) is 14.5. The highest BCUT2D eigenvalue weighted by Crippen LogP contribution is 2.36. The molecule has 3 rings (SSSR count). The number of ether oxygens (including phenoxy) is 2. The largest absolute Gasteiger partial charge is 0.494 e. The molecule has 156 valence electrons. The van der Waals surface area contributed by atoms with Crippen LogP contribution in [0.15, 0.2) is 42.5 Å². The molecule has 0 bridgehead atoms. The van der Waals surface area contributed by atoms with Gasteiger partial charge in [-0.25, -0.2) is 4.79 Å². The predicted octanol–water partition coefficient (Wildman–Crippen LogP) is 5.95. The molecule has 1 amide bonds. The third-order valence-corrected chi connectivity index (χ3v) is 4.65. The van der Waals surface area contributed by atoms with E-state index in [1.165, 1.54) is 0 Å². The highest BCUT2D eigenvalue weighted by Gasteiger charge is 2.19. The molecule has 0 unspecified atom stereocenters. The van der Waals surface area contributed by atoms with Gasteiger partial charge in [-0.2, -0.15) is 5.26 Å².